The minimum Gasteiger partial charge on any atom is -0.470 e. The Labute approximate surface area is 214 Å². The average Bonchev–Trinajstić information content (AvgIpc) is 3.54. The number of rotatable bonds is 9. The Morgan fingerprint density at radius 2 is 1.95 bits per heavy atom. The molecule has 0 aliphatic rings. The van der Waals surface area contributed by atoms with Crippen LogP contribution in [0.25, 0.3) is 27.9 Å². The molecule has 13 heteroatoms. The first-order valence-corrected chi connectivity index (χ1v) is 11.6. The molecule has 1 unspecified atom stereocenters. The number of methoxy groups -OCH3 is 1. The molecule has 0 radical (unpaired) electrons. The second kappa shape index (κ2) is 10.1. The number of nitrogens with one attached hydrogen (secondary N) is 1. The standard InChI is InChI=1S/C25H23F2N7O4/c1-14(25(2,26)27)29-23(35)15-8-9-16(28-11-15)12-37-24-19-7-5-4-6-18(19)21-30-31-22(34(21)32-24)20-10-17(13-36-3)38-33-20/h4-11,14H,12-13H2,1-3H3,(H,29,35). The molecule has 5 rings (SSSR count). The minimum atomic E-state index is -3.04. The van der Waals surface area contributed by atoms with Crippen molar-refractivity contribution in [3.8, 4) is 17.4 Å². The van der Waals surface area contributed by atoms with E-state index in [2.05, 4.69) is 30.8 Å². The van der Waals surface area contributed by atoms with Gasteiger partial charge in [0.15, 0.2) is 17.1 Å². The molecular formula is C25H23F2N7O4. The van der Waals surface area contributed by atoms with E-state index in [0.29, 0.717) is 39.9 Å². The first kappa shape index (κ1) is 25.1. The third kappa shape index (κ3) is 5.00. The first-order chi connectivity index (χ1) is 18.2. The Hall–Kier alpha value is -4.52. The van der Waals surface area contributed by atoms with Crippen molar-refractivity contribution in [2.24, 2.45) is 0 Å². The van der Waals surface area contributed by atoms with Crippen molar-refractivity contribution in [1.29, 1.82) is 0 Å². The second-order valence-electron chi connectivity index (χ2n) is 8.70. The number of pyridine rings is 1. The molecule has 0 bridgehead atoms. The summed E-state index contributed by atoms with van der Waals surface area (Å²) in [7, 11) is 1.55. The van der Waals surface area contributed by atoms with Gasteiger partial charge in [0.05, 0.1) is 17.3 Å². The monoisotopic (exact) mass is 523 g/mol. The third-order valence-corrected chi connectivity index (χ3v) is 5.86. The predicted octanol–water partition coefficient (Wildman–Crippen LogP) is 3.83. The van der Waals surface area contributed by atoms with Gasteiger partial charge in [-0.1, -0.05) is 23.4 Å². The quantitative estimate of drug-likeness (QED) is 0.306. The molecule has 0 aliphatic carbocycles. The number of alkyl halides is 2. The molecule has 38 heavy (non-hydrogen) atoms. The Kier molecular flexibility index (Phi) is 6.68. The maximum absolute atomic E-state index is 13.4. The maximum atomic E-state index is 13.4. The SMILES string of the molecule is COCc1cc(-c2nnc3c4ccccc4c(OCc4ccc(C(=O)NC(C)C(C)(F)F)cn4)nn23)no1. The van der Waals surface area contributed by atoms with Crippen molar-refractivity contribution >= 4 is 22.3 Å². The smallest absolute Gasteiger partial charge is 0.264 e. The van der Waals surface area contributed by atoms with Crippen LogP contribution < -0.4 is 10.1 Å². The number of carbonyl (C=O) groups excluding carboxylic acids is 1. The number of carbonyl (C=O) groups is 1. The molecule has 4 heterocycles. The minimum absolute atomic E-state index is 0.0350. The third-order valence-electron chi connectivity index (χ3n) is 5.86. The van der Waals surface area contributed by atoms with Crippen molar-refractivity contribution in [1.82, 2.24) is 35.3 Å². The number of fused-ring (bicyclic) bond motifs is 3. The van der Waals surface area contributed by atoms with Gasteiger partial charge in [0, 0.05) is 37.1 Å². The van der Waals surface area contributed by atoms with Crippen LogP contribution in [0.1, 0.15) is 35.7 Å². The highest BCUT2D eigenvalue weighted by atomic mass is 19.3. The summed E-state index contributed by atoms with van der Waals surface area (Å²) >= 11 is 0. The lowest BCUT2D eigenvalue weighted by Crippen LogP contribution is -2.43. The van der Waals surface area contributed by atoms with E-state index in [0.717, 1.165) is 12.3 Å². The zero-order chi connectivity index (χ0) is 26.9. The number of halogens is 2. The van der Waals surface area contributed by atoms with Gasteiger partial charge in [-0.25, -0.2) is 8.78 Å². The number of aromatic nitrogens is 6. The number of amides is 1. The number of ether oxygens (including phenoxy) is 2. The topological polar surface area (TPSA) is 130 Å². The lowest BCUT2D eigenvalue weighted by atomic mass is 10.1. The van der Waals surface area contributed by atoms with Gasteiger partial charge in [0.25, 0.3) is 11.8 Å². The van der Waals surface area contributed by atoms with E-state index < -0.39 is 17.9 Å². The molecule has 0 fully saturated rings. The molecule has 0 saturated carbocycles. The van der Waals surface area contributed by atoms with Crippen molar-refractivity contribution in [3.63, 3.8) is 0 Å². The van der Waals surface area contributed by atoms with E-state index >= 15 is 0 Å². The summed E-state index contributed by atoms with van der Waals surface area (Å²) in [6, 6.07) is 10.9. The summed E-state index contributed by atoms with van der Waals surface area (Å²) in [6.45, 7) is 2.28. The van der Waals surface area contributed by atoms with Crippen LogP contribution in [0.15, 0.2) is 53.2 Å². The van der Waals surface area contributed by atoms with Gasteiger partial charge in [-0.2, -0.15) is 4.52 Å². The number of hydrogen-bond acceptors (Lipinski definition) is 9. The molecule has 0 aliphatic heterocycles. The van der Waals surface area contributed by atoms with Crippen LogP contribution in [0.4, 0.5) is 8.78 Å². The lowest BCUT2D eigenvalue weighted by Gasteiger charge is -2.20. The summed E-state index contributed by atoms with van der Waals surface area (Å²) in [5, 5.41) is 20.9. The van der Waals surface area contributed by atoms with E-state index in [9.17, 15) is 13.6 Å². The Bertz CT molecular complexity index is 1600. The average molecular weight is 524 g/mol. The van der Waals surface area contributed by atoms with Crippen molar-refractivity contribution < 1.29 is 27.6 Å². The van der Waals surface area contributed by atoms with E-state index in [1.54, 1.807) is 19.2 Å². The van der Waals surface area contributed by atoms with E-state index in [1.807, 2.05) is 24.3 Å². The largest absolute Gasteiger partial charge is 0.470 e. The van der Waals surface area contributed by atoms with Crippen LogP contribution in [0, 0.1) is 0 Å². The number of hydrogen-bond donors (Lipinski definition) is 1. The molecule has 5 aromatic rings. The number of benzene rings is 1. The van der Waals surface area contributed by atoms with Crippen molar-refractivity contribution in [2.45, 2.75) is 39.0 Å². The van der Waals surface area contributed by atoms with Crippen LogP contribution in [0.3, 0.4) is 0 Å². The zero-order valence-corrected chi connectivity index (χ0v) is 20.7. The van der Waals surface area contributed by atoms with Gasteiger partial charge in [0.1, 0.15) is 13.2 Å². The van der Waals surface area contributed by atoms with Gasteiger partial charge in [0.2, 0.25) is 11.7 Å². The Morgan fingerprint density at radius 1 is 1.16 bits per heavy atom. The highest BCUT2D eigenvalue weighted by Crippen LogP contribution is 2.29. The van der Waals surface area contributed by atoms with Crippen LogP contribution >= 0.6 is 0 Å². The molecular weight excluding hydrogens is 500 g/mol. The molecule has 1 N–H and O–H groups in total. The van der Waals surface area contributed by atoms with Gasteiger partial charge in [-0.05, 0) is 25.1 Å². The van der Waals surface area contributed by atoms with Gasteiger partial charge < -0.3 is 19.3 Å². The van der Waals surface area contributed by atoms with Gasteiger partial charge in [-0.15, -0.1) is 15.3 Å². The summed E-state index contributed by atoms with van der Waals surface area (Å²) in [5.74, 6) is -2.49. The summed E-state index contributed by atoms with van der Waals surface area (Å²) in [4.78, 5) is 16.5. The molecule has 1 aromatic carbocycles. The van der Waals surface area contributed by atoms with Gasteiger partial charge >= 0.3 is 0 Å². The maximum Gasteiger partial charge on any atom is 0.264 e. The lowest BCUT2D eigenvalue weighted by molar-refractivity contribution is -0.0108. The zero-order valence-electron chi connectivity index (χ0n) is 20.7. The molecule has 0 saturated heterocycles. The molecule has 1 amide bonds. The first-order valence-electron chi connectivity index (χ1n) is 11.6. The number of nitrogens with zero attached hydrogens (tertiary/aromatic N) is 6. The van der Waals surface area contributed by atoms with Crippen molar-refractivity contribution in [2.75, 3.05) is 7.11 Å². The van der Waals surface area contributed by atoms with Crippen molar-refractivity contribution in [3.05, 3.63) is 65.7 Å². The molecule has 4 aromatic heterocycles. The molecule has 1 atom stereocenters. The fraction of sp³-hybridized carbons (Fsp3) is 0.280. The fourth-order valence-electron chi connectivity index (χ4n) is 3.64. The molecule has 11 nitrogen and oxygen atoms in total. The molecule has 196 valence electrons. The summed E-state index contributed by atoms with van der Waals surface area (Å²) in [6.07, 6.45) is 1.31. The summed E-state index contributed by atoms with van der Waals surface area (Å²) in [5.41, 5.74) is 1.61. The Morgan fingerprint density at radius 3 is 2.66 bits per heavy atom. The second-order valence-corrected chi connectivity index (χ2v) is 8.70. The summed E-state index contributed by atoms with van der Waals surface area (Å²) < 4.78 is 44.7. The van der Waals surface area contributed by atoms with Gasteiger partial charge in [-0.3, -0.25) is 9.78 Å². The predicted molar refractivity (Wildman–Crippen MR) is 131 cm³/mol. The van der Waals surface area contributed by atoms with Crippen LogP contribution in [-0.2, 0) is 18.0 Å². The van der Waals surface area contributed by atoms with Crippen LogP contribution in [-0.4, -0.2) is 54.9 Å². The normalized spacial score (nSPS) is 12.7. The molecule has 0 spiro atoms. The van der Waals surface area contributed by atoms with Crippen LogP contribution in [0.2, 0.25) is 0 Å². The van der Waals surface area contributed by atoms with E-state index in [4.69, 9.17) is 14.0 Å². The fourth-order valence-corrected chi connectivity index (χ4v) is 3.64. The van der Waals surface area contributed by atoms with Crippen LogP contribution in [0.5, 0.6) is 5.88 Å². The Balaban J connectivity index is 1.39. The van der Waals surface area contributed by atoms with E-state index in [1.165, 1.54) is 23.7 Å². The highest BCUT2D eigenvalue weighted by molar-refractivity contribution is 5.97. The van der Waals surface area contributed by atoms with E-state index in [-0.39, 0.29) is 18.8 Å². The highest BCUT2D eigenvalue weighted by Gasteiger charge is 2.31.